The molecule has 2 heterocycles. The van der Waals surface area contributed by atoms with Crippen molar-refractivity contribution in [2.24, 2.45) is 25.6 Å². The Bertz CT molecular complexity index is 1530. The molecule has 0 radical (unpaired) electrons. The Balaban J connectivity index is 1.09. The topological polar surface area (TPSA) is 114 Å². The van der Waals surface area contributed by atoms with Crippen LogP contribution in [0, 0.1) is 0 Å². The van der Waals surface area contributed by atoms with E-state index in [0.717, 1.165) is 51.4 Å². The molecule has 0 saturated carbocycles. The third kappa shape index (κ3) is 13.8. The highest BCUT2D eigenvalue weighted by atomic mass is 16.6. The first kappa shape index (κ1) is 40.6. The van der Waals surface area contributed by atoms with Gasteiger partial charge in [-0.25, -0.2) is 9.59 Å². The molecule has 0 bridgehead atoms. The predicted molar refractivity (Wildman–Crippen MR) is 210 cm³/mol. The van der Waals surface area contributed by atoms with Gasteiger partial charge in [0.05, 0.1) is 0 Å². The molecule has 0 amide bonds. The second-order valence-corrected chi connectivity index (χ2v) is 15.3. The summed E-state index contributed by atoms with van der Waals surface area (Å²) in [7, 11) is 4.19. The minimum Gasteiger partial charge on any atom is -0.455 e. The molecule has 0 aliphatic heterocycles. The third-order valence-corrected chi connectivity index (χ3v) is 10.3. The first-order valence-corrected chi connectivity index (χ1v) is 19.2. The molecule has 4 N–H and O–H groups in total. The van der Waals surface area contributed by atoms with Gasteiger partial charge in [-0.2, -0.15) is 0 Å². The SMILES string of the molecule is Cn1c(CCCCCc2ccccc2)ccc1CC[C@@](C)(N)COC(=O)C(=O)OC[C@](C)(N)CCc1ccc(CCCCCc2ccccc2)n1C. The Morgan fingerprint density at radius 1 is 0.500 bits per heavy atom. The van der Waals surface area contributed by atoms with E-state index in [1.54, 1.807) is 0 Å². The molecular formula is C44H62N4O4. The molecule has 0 fully saturated rings. The van der Waals surface area contributed by atoms with Crippen LogP contribution in [-0.4, -0.2) is 45.4 Å². The van der Waals surface area contributed by atoms with E-state index in [2.05, 4.69) is 108 Å². The number of hydrogen-bond acceptors (Lipinski definition) is 6. The van der Waals surface area contributed by atoms with Crippen molar-refractivity contribution >= 4 is 11.9 Å². The molecule has 0 unspecified atom stereocenters. The van der Waals surface area contributed by atoms with Gasteiger partial charge in [0.1, 0.15) is 13.2 Å². The van der Waals surface area contributed by atoms with Gasteiger partial charge < -0.3 is 30.1 Å². The average Bonchev–Trinajstić information content (AvgIpc) is 3.68. The van der Waals surface area contributed by atoms with Crippen LogP contribution in [0.25, 0.3) is 0 Å². The Kier molecular flexibility index (Phi) is 15.8. The molecule has 2 atom stereocenters. The summed E-state index contributed by atoms with van der Waals surface area (Å²) < 4.78 is 15.1. The van der Waals surface area contributed by atoms with Crippen LogP contribution >= 0.6 is 0 Å². The number of unbranched alkanes of at least 4 members (excludes halogenated alkanes) is 4. The minimum atomic E-state index is -1.04. The highest BCUT2D eigenvalue weighted by Crippen LogP contribution is 2.19. The van der Waals surface area contributed by atoms with Crippen LogP contribution in [0.5, 0.6) is 0 Å². The zero-order valence-electron chi connectivity index (χ0n) is 32.1. The lowest BCUT2D eigenvalue weighted by atomic mass is 9.97. The number of benzene rings is 2. The molecule has 0 spiro atoms. The molecule has 0 saturated heterocycles. The molecule has 4 rings (SSSR count). The van der Waals surface area contributed by atoms with Gasteiger partial charge in [-0.3, -0.25) is 0 Å². The van der Waals surface area contributed by atoms with Gasteiger partial charge in [-0.15, -0.1) is 0 Å². The molecule has 2 aromatic heterocycles. The smallest absolute Gasteiger partial charge is 0.417 e. The van der Waals surface area contributed by atoms with Crippen LogP contribution in [0.1, 0.15) is 99.1 Å². The summed E-state index contributed by atoms with van der Waals surface area (Å²) in [5.74, 6) is -2.09. The van der Waals surface area contributed by atoms with Gasteiger partial charge in [0.25, 0.3) is 0 Å². The number of aryl methyl sites for hydroxylation is 6. The monoisotopic (exact) mass is 710 g/mol. The molecule has 8 heteroatoms. The lowest BCUT2D eigenvalue weighted by Gasteiger charge is -2.25. The summed E-state index contributed by atoms with van der Waals surface area (Å²) in [6.45, 7) is 3.51. The van der Waals surface area contributed by atoms with Crippen molar-refractivity contribution in [1.82, 2.24) is 9.13 Å². The van der Waals surface area contributed by atoms with E-state index < -0.39 is 23.0 Å². The summed E-state index contributed by atoms with van der Waals surface area (Å²) in [4.78, 5) is 25.0. The lowest BCUT2D eigenvalue weighted by molar-refractivity contribution is -0.169. The van der Waals surface area contributed by atoms with Crippen molar-refractivity contribution < 1.29 is 19.1 Å². The maximum Gasteiger partial charge on any atom is 0.417 e. The van der Waals surface area contributed by atoms with E-state index in [9.17, 15) is 9.59 Å². The fraction of sp³-hybridized carbons (Fsp3) is 0.500. The molecule has 4 aromatic rings. The summed E-state index contributed by atoms with van der Waals surface area (Å²) in [6.07, 6.45) is 14.1. The van der Waals surface area contributed by atoms with E-state index >= 15 is 0 Å². The van der Waals surface area contributed by atoms with E-state index in [0.29, 0.717) is 12.8 Å². The quantitative estimate of drug-likeness (QED) is 0.0501. The van der Waals surface area contributed by atoms with E-state index in [-0.39, 0.29) is 13.2 Å². The zero-order chi connectivity index (χ0) is 37.4. The highest BCUT2D eigenvalue weighted by molar-refractivity contribution is 6.29. The van der Waals surface area contributed by atoms with Gasteiger partial charge in [0, 0.05) is 47.9 Å². The van der Waals surface area contributed by atoms with Crippen molar-refractivity contribution in [1.29, 1.82) is 0 Å². The number of hydrogen-bond donors (Lipinski definition) is 2. The fourth-order valence-corrected chi connectivity index (χ4v) is 6.67. The Labute approximate surface area is 311 Å². The lowest BCUT2D eigenvalue weighted by Crippen LogP contribution is -2.45. The molecule has 0 aliphatic rings. The Morgan fingerprint density at radius 3 is 1.19 bits per heavy atom. The van der Waals surface area contributed by atoms with Gasteiger partial charge in [0.15, 0.2) is 0 Å². The molecule has 282 valence electrons. The van der Waals surface area contributed by atoms with Crippen molar-refractivity contribution in [3.63, 3.8) is 0 Å². The van der Waals surface area contributed by atoms with Crippen LogP contribution in [0.15, 0.2) is 84.9 Å². The molecule has 2 aromatic carbocycles. The zero-order valence-corrected chi connectivity index (χ0v) is 32.1. The standard InChI is InChI=1S/C44H62N4O4/c1-43(45,31-29-39-27-25-37(47(39)3)23-15-7-13-21-35-17-9-5-10-18-35)33-51-41(49)42(50)52-34-44(2,46)32-30-40-28-26-38(48(40)4)24-16-8-14-22-36-19-11-6-12-20-36/h5-6,9-12,17-20,25-28H,7-8,13-16,21-24,29-34,45-46H2,1-4H3/t43-,44-/m1/s1. The van der Waals surface area contributed by atoms with Crippen LogP contribution in [-0.2, 0) is 71.7 Å². The number of rotatable bonds is 22. The van der Waals surface area contributed by atoms with Crippen molar-refractivity contribution in [3.8, 4) is 0 Å². The first-order valence-electron chi connectivity index (χ1n) is 19.2. The van der Waals surface area contributed by atoms with E-state index in [1.165, 1.54) is 59.6 Å². The second kappa shape index (κ2) is 20.2. The summed E-state index contributed by atoms with van der Waals surface area (Å²) in [5, 5.41) is 0. The number of ether oxygens (including phenoxy) is 2. The van der Waals surface area contributed by atoms with Gasteiger partial charge >= 0.3 is 11.9 Å². The number of aromatic nitrogens is 2. The molecular weight excluding hydrogens is 649 g/mol. The van der Waals surface area contributed by atoms with Crippen LogP contribution in [0.2, 0.25) is 0 Å². The average molecular weight is 711 g/mol. The number of carbonyl (C=O) groups is 2. The molecule has 52 heavy (non-hydrogen) atoms. The van der Waals surface area contributed by atoms with Gasteiger partial charge in [-0.1, -0.05) is 73.5 Å². The molecule has 0 aliphatic carbocycles. The van der Waals surface area contributed by atoms with E-state index in [4.69, 9.17) is 20.9 Å². The second-order valence-electron chi connectivity index (χ2n) is 15.3. The van der Waals surface area contributed by atoms with Crippen molar-refractivity contribution in [2.45, 2.75) is 115 Å². The van der Waals surface area contributed by atoms with Crippen LogP contribution in [0.4, 0.5) is 0 Å². The first-order chi connectivity index (χ1) is 24.9. The minimum absolute atomic E-state index is 0.0810. The summed E-state index contributed by atoms with van der Waals surface area (Å²) in [6, 6.07) is 30.0. The van der Waals surface area contributed by atoms with Gasteiger partial charge in [-0.05, 0) is 126 Å². The Morgan fingerprint density at radius 2 is 0.827 bits per heavy atom. The Hall–Kier alpha value is -4.14. The maximum absolute atomic E-state index is 12.5. The largest absolute Gasteiger partial charge is 0.455 e. The van der Waals surface area contributed by atoms with Gasteiger partial charge in [0.2, 0.25) is 0 Å². The normalized spacial score (nSPS) is 13.7. The third-order valence-electron chi connectivity index (χ3n) is 10.3. The maximum atomic E-state index is 12.5. The fourth-order valence-electron chi connectivity index (χ4n) is 6.67. The van der Waals surface area contributed by atoms with Crippen LogP contribution in [0.3, 0.4) is 0 Å². The number of carbonyl (C=O) groups excluding carboxylic acids is 2. The van der Waals surface area contributed by atoms with E-state index in [1.807, 2.05) is 13.8 Å². The highest BCUT2D eigenvalue weighted by Gasteiger charge is 2.28. The number of esters is 2. The van der Waals surface area contributed by atoms with Crippen molar-refractivity contribution in [2.75, 3.05) is 13.2 Å². The molecule has 8 nitrogen and oxygen atoms in total. The van der Waals surface area contributed by atoms with Crippen molar-refractivity contribution in [3.05, 3.63) is 119 Å². The predicted octanol–water partition coefficient (Wildman–Crippen LogP) is 7.36. The number of nitrogens with zero attached hydrogens (tertiary/aromatic N) is 2. The van der Waals surface area contributed by atoms with Crippen LogP contribution < -0.4 is 11.5 Å². The number of nitrogens with two attached hydrogens (primary N) is 2. The summed E-state index contributed by atoms with van der Waals surface area (Å²) in [5.41, 5.74) is 19.2. The summed E-state index contributed by atoms with van der Waals surface area (Å²) >= 11 is 0.